The van der Waals surface area contributed by atoms with Gasteiger partial charge in [0.2, 0.25) is 0 Å². The van der Waals surface area contributed by atoms with Gasteiger partial charge in [-0.25, -0.2) is 9.37 Å². The van der Waals surface area contributed by atoms with E-state index in [1.807, 2.05) is 35.9 Å². The highest BCUT2D eigenvalue weighted by Crippen LogP contribution is 2.23. The first-order valence-electron chi connectivity index (χ1n) is 6.67. The summed E-state index contributed by atoms with van der Waals surface area (Å²) in [4.78, 5) is 4.58. The third kappa shape index (κ3) is 2.71. The second kappa shape index (κ2) is 5.58. The van der Waals surface area contributed by atoms with E-state index in [2.05, 4.69) is 20.9 Å². The van der Waals surface area contributed by atoms with Gasteiger partial charge in [-0.15, -0.1) is 0 Å². The molecular weight excluding hydrogens is 333 g/mol. The Kier molecular flexibility index (Phi) is 3.78. The lowest BCUT2D eigenvalue weighted by atomic mass is 10.0. The van der Waals surface area contributed by atoms with Gasteiger partial charge >= 0.3 is 0 Å². The average molecular weight is 348 g/mol. The fourth-order valence-electron chi connectivity index (χ4n) is 2.49. The molecule has 0 radical (unpaired) electrons. The second-order valence-corrected chi connectivity index (χ2v) is 5.97. The lowest BCUT2D eigenvalue weighted by Crippen LogP contribution is -2.17. The zero-order chi connectivity index (χ0) is 15.0. The Hall–Kier alpha value is -1.72. The molecule has 1 heterocycles. The van der Waals surface area contributed by atoms with Crippen molar-refractivity contribution in [2.24, 2.45) is 12.8 Å². The van der Waals surface area contributed by atoms with Crippen LogP contribution < -0.4 is 5.73 Å². The van der Waals surface area contributed by atoms with E-state index in [9.17, 15) is 4.39 Å². The molecule has 3 rings (SSSR count). The predicted octanol–water partition coefficient (Wildman–Crippen LogP) is 3.72. The number of benzene rings is 2. The van der Waals surface area contributed by atoms with Crippen LogP contribution in [0.1, 0.15) is 17.4 Å². The molecule has 21 heavy (non-hydrogen) atoms. The topological polar surface area (TPSA) is 43.8 Å². The van der Waals surface area contributed by atoms with Crippen molar-refractivity contribution < 1.29 is 4.39 Å². The van der Waals surface area contributed by atoms with Crippen LogP contribution in [0.25, 0.3) is 11.0 Å². The first-order valence-corrected chi connectivity index (χ1v) is 7.46. The smallest absolute Gasteiger partial charge is 0.129 e. The van der Waals surface area contributed by atoms with E-state index in [1.165, 1.54) is 6.07 Å². The monoisotopic (exact) mass is 347 g/mol. The van der Waals surface area contributed by atoms with Crippen LogP contribution in [-0.2, 0) is 13.5 Å². The molecule has 0 aliphatic rings. The Morgan fingerprint density at radius 2 is 2.05 bits per heavy atom. The number of rotatable bonds is 3. The number of aryl methyl sites for hydroxylation is 1. The maximum Gasteiger partial charge on any atom is 0.129 e. The zero-order valence-electron chi connectivity index (χ0n) is 11.6. The molecule has 2 aromatic carbocycles. The van der Waals surface area contributed by atoms with Gasteiger partial charge < -0.3 is 10.3 Å². The summed E-state index contributed by atoms with van der Waals surface area (Å²) in [7, 11) is 1.95. The fourth-order valence-corrected chi connectivity index (χ4v) is 2.82. The standard InChI is InChI=1S/C16H15BrFN3/c1-21-15-5-3-2-4-14(15)20-16(21)9-13(19)11-7-6-10(17)8-12(11)18/h2-8,13H,9,19H2,1H3. The van der Waals surface area contributed by atoms with Crippen LogP contribution in [0, 0.1) is 5.82 Å². The summed E-state index contributed by atoms with van der Waals surface area (Å²) < 4.78 is 16.7. The molecule has 1 aromatic heterocycles. The summed E-state index contributed by atoms with van der Waals surface area (Å²) in [6.45, 7) is 0. The molecule has 0 saturated heterocycles. The van der Waals surface area contributed by atoms with Crippen LogP contribution in [-0.4, -0.2) is 9.55 Å². The summed E-state index contributed by atoms with van der Waals surface area (Å²) in [6.07, 6.45) is 0.490. The van der Waals surface area contributed by atoms with Gasteiger partial charge in [0.05, 0.1) is 11.0 Å². The number of nitrogens with two attached hydrogens (primary N) is 1. The van der Waals surface area contributed by atoms with Crippen molar-refractivity contribution in [2.45, 2.75) is 12.5 Å². The molecule has 0 aliphatic carbocycles. The third-order valence-electron chi connectivity index (χ3n) is 3.64. The van der Waals surface area contributed by atoms with Gasteiger partial charge in [0.15, 0.2) is 0 Å². The molecule has 5 heteroatoms. The number of nitrogens with zero attached hydrogens (tertiary/aromatic N) is 2. The number of para-hydroxylation sites is 2. The molecule has 3 aromatic rings. The summed E-state index contributed by atoms with van der Waals surface area (Å²) in [5.74, 6) is 0.557. The van der Waals surface area contributed by atoms with Crippen LogP contribution in [0.2, 0.25) is 0 Å². The van der Waals surface area contributed by atoms with E-state index in [0.29, 0.717) is 16.5 Å². The largest absolute Gasteiger partial charge is 0.331 e. The maximum absolute atomic E-state index is 14.0. The normalized spacial score (nSPS) is 12.8. The summed E-state index contributed by atoms with van der Waals surface area (Å²) in [6, 6.07) is 12.4. The van der Waals surface area contributed by atoms with Gasteiger partial charge in [0, 0.05) is 29.5 Å². The lowest BCUT2D eigenvalue weighted by Gasteiger charge is -2.13. The fraction of sp³-hybridized carbons (Fsp3) is 0.188. The summed E-state index contributed by atoms with van der Waals surface area (Å²) in [5, 5.41) is 0. The molecule has 0 amide bonds. The summed E-state index contributed by atoms with van der Waals surface area (Å²) in [5.41, 5.74) is 8.65. The molecule has 2 N–H and O–H groups in total. The molecule has 0 spiro atoms. The van der Waals surface area contributed by atoms with E-state index in [4.69, 9.17) is 5.73 Å². The minimum atomic E-state index is -0.423. The highest BCUT2D eigenvalue weighted by molar-refractivity contribution is 9.10. The lowest BCUT2D eigenvalue weighted by molar-refractivity contribution is 0.570. The molecular formula is C16H15BrFN3. The first kappa shape index (κ1) is 14.2. The number of hydrogen-bond acceptors (Lipinski definition) is 2. The van der Waals surface area contributed by atoms with Gasteiger partial charge in [0.25, 0.3) is 0 Å². The number of aromatic nitrogens is 2. The van der Waals surface area contributed by atoms with Crippen molar-refractivity contribution in [3.63, 3.8) is 0 Å². The van der Waals surface area contributed by atoms with Gasteiger partial charge in [-0.05, 0) is 24.3 Å². The van der Waals surface area contributed by atoms with E-state index in [-0.39, 0.29) is 5.82 Å². The van der Waals surface area contributed by atoms with E-state index >= 15 is 0 Å². The molecule has 0 aliphatic heterocycles. The zero-order valence-corrected chi connectivity index (χ0v) is 13.1. The van der Waals surface area contributed by atoms with Crippen molar-refractivity contribution in [1.29, 1.82) is 0 Å². The first-order chi connectivity index (χ1) is 10.1. The molecule has 1 atom stereocenters. The number of fused-ring (bicyclic) bond motifs is 1. The van der Waals surface area contributed by atoms with Crippen molar-refractivity contribution in [3.8, 4) is 0 Å². The Balaban J connectivity index is 1.92. The Labute approximate surface area is 130 Å². The minimum absolute atomic E-state index is 0.296. The van der Waals surface area contributed by atoms with E-state index < -0.39 is 6.04 Å². The SMILES string of the molecule is Cn1c(CC(N)c2ccc(Br)cc2F)nc2ccccc21. The second-order valence-electron chi connectivity index (χ2n) is 5.05. The number of halogens is 2. The van der Waals surface area contributed by atoms with Crippen molar-refractivity contribution >= 4 is 27.0 Å². The van der Waals surface area contributed by atoms with Crippen molar-refractivity contribution in [2.75, 3.05) is 0 Å². The molecule has 3 nitrogen and oxygen atoms in total. The molecule has 1 unspecified atom stereocenters. The van der Waals surface area contributed by atoms with Crippen LogP contribution in [0.4, 0.5) is 4.39 Å². The summed E-state index contributed by atoms with van der Waals surface area (Å²) >= 11 is 3.25. The Morgan fingerprint density at radius 1 is 1.29 bits per heavy atom. The predicted molar refractivity (Wildman–Crippen MR) is 85.4 cm³/mol. The maximum atomic E-state index is 14.0. The third-order valence-corrected chi connectivity index (χ3v) is 4.14. The van der Waals surface area contributed by atoms with Crippen LogP contribution in [0.15, 0.2) is 46.9 Å². The number of imidazole rings is 1. The van der Waals surface area contributed by atoms with Crippen LogP contribution in [0.3, 0.4) is 0 Å². The van der Waals surface area contributed by atoms with E-state index in [1.54, 1.807) is 12.1 Å². The molecule has 108 valence electrons. The van der Waals surface area contributed by atoms with Gasteiger partial charge in [-0.1, -0.05) is 34.1 Å². The van der Waals surface area contributed by atoms with Crippen molar-refractivity contribution in [3.05, 3.63) is 64.1 Å². The van der Waals surface area contributed by atoms with Crippen LogP contribution >= 0.6 is 15.9 Å². The van der Waals surface area contributed by atoms with E-state index in [0.717, 1.165) is 16.9 Å². The molecule has 0 fully saturated rings. The average Bonchev–Trinajstić information content (AvgIpc) is 2.76. The Morgan fingerprint density at radius 3 is 2.76 bits per heavy atom. The quantitative estimate of drug-likeness (QED) is 0.784. The number of hydrogen-bond donors (Lipinski definition) is 1. The highest BCUT2D eigenvalue weighted by Gasteiger charge is 2.16. The Bertz CT molecular complexity index is 797. The van der Waals surface area contributed by atoms with Crippen LogP contribution in [0.5, 0.6) is 0 Å². The van der Waals surface area contributed by atoms with Gasteiger partial charge in [0.1, 0.15) is 11.6 Å². The molecule has 0 bridgehead atoms. The minimum Gasteiger partial charge on any atom is -0.331 e. The van der Waals surface area contributed by atoms with Crippen molar-refractivity contribution in [1.82, 2.24) is 9.55 Å². The highest BCUT2D eigenvalue weighted by atomic mass is 79.9. The molecule has 0 saturated carbocycles. The van der Waals surface area contributed by atoms with Gasteiger partial charge in [-0.3, -0.25) is 0 Å². The van der Waals surface area contributed by atoms with Gasteiger partial charge in [-0.2, -0.15) is 0 Å².